The Morgan fingerprint density at radius 2 is 1.50 bits per heavy atom. The van der Waals surface area contributed by atoms with Crippen molar-refractivity contribution in [1.82, 2.24) is 0 Å². The van der Waals surface area contributed by atoms with E-state index in [9.17, 15) is 4.79 Å². The molecular weight excluding hydrogens is 252 g/mol. The van der Waals surface area contributed by atoms with E-state index in [1.807, 2.05) is 13.8 Å². The summed E-state index contributed by atoms with van der Waals surface area (Å²) in [5, 5.41) is 0. The molecule has 0 fully saturated rings. The Hall–Kier alpha value is -0.0297. The summed E-state index contributed by atoms with van der Waals surface area (Å²) in [6.07, 6.45) is -0.813. The smallest absolute Gasteiger partial charge is 0.447 e. The van der Waals surface area contributed by atoms with Gasteiger partial charge in [0.2, 0.25) is 0 Å². The maximum absolute atomic E-state index is 9.81. The SMILES string of the molecule is CC(C)N.CC(C)OC(N)=O.[Ag+]. The summed E-state index contributed by atoms with van der Waals surface area (Å²) >= 11 is 0. The fourth-order valence-corrected chi connectivity index (χ4v) is 0.232. The van der Waals surface area contributed by atoms with Crippen LogP contribution >= 0.6 is 0 Å². The minimum absolute atomic E-state index is 0. The molecule has 0 aromatic heterocycles. The van der Waals surface area contributed by atoms with E-state index >= 15 is 0 Å². The van der Waals surface area contributed by atoms with E-state index in [1.165, 1.54) is 0 Å². The maximum Gasteiger partial charge on any atom is 1.00 e. The van der Waals surface area contributed by atoms with Gasteiger partial charge >= 0.3 is 28.5 Å². The Morgan fingerprint density at radius 1 is 1.25 bits per heavy atom. The van der Waals surface area contributed by atoms with Gasteiger partial charge < -0.3 is 16.2 Å². The van der Waals surface area contributed by atoms with E-state index in [0.29, 0.717) is 6.04 Å². The molecule has 0 bridgehead atoms. The quantitative estimate of drug-likeness (QED) is 0.693. The van der Waals surface area contributed by atoms with Crippen molar-refractivity contribution in [3.05, 3.63) is 0 Å². The number of amides is 1. The van der Waals surface area contributed by atoms with Crippen LogP contribution in [0.15, 0.2) is 0 Å². The van der Waals surface area contributed by atoms with E-state index in [-0.39, 0.29) is 28.5 Å². The van der Waals surface area contributed by atoms with E-state index in [2.05, 4.69) is 10.5 Å². The first-order chi connectivity index (χ1) is 4.86. The fraction of sp³-hybridized carbons (Fsp3) is 0.857. The van der Waals surface area contributed by atoms with Crippen LogP contribution < -0.4 is 11.5 Å². The Kier molecular flexibility index (Phi) is 16.4. The van der Waals surface area contributed by atoms with Crippen molar-refractivity contribution in [3.8, 4) is 0 Å². The largest absolute Gasteiger partial charge is 1.00 e. The van der Waals surface area contributed by atoms with Crippen molar-refractivity contribution in [2.75, 3.05) is 0 Å². The second kappa shape index (κ2) is 11.0. The van der Waals surface area contributed by atoms with E-state index in [1.54, 1.807) is 13.8 Å². The van der Waals surface area contributed by atoms with Gasteiger partial charge in [-0.2, -0.15) is 0 Å². The average molecular weight is 270 g/mol. The number of ether oxygens (including phenoxy) is 1. The van der Waals surface area contributed by atoms with Crippen LogP contribution in [0.5, 0.6) is 0 Å². The Bertz CT molecular complexity index is 105. The average Bonchev–Trinajstić information content (AvgIpc) is 1.56. The molecule has 0 saturated heterocycles. The molecule has 0 aromatic carbocycles. The molecule has 0 spiro atoms. The van der Waals surface area contributed by atoms with Crippen LogP contribution in [-0.2, 0) is 27.1 Å². The van der Waals surface area contributed by atoms with Crippen LogP contribution in [0.4, 0.5) is 4.79 Å². The van der Waals surface area contributed by atoms with Gasteiger partial charge in [-0.1, -0.05) is 13.8 Å². The predicted octanol–water partition coefficient (Wildman–Crippen LogP) is 0.841. The molecule has 0 unspecified atom stereocenters. The van der Waals surface area contributed by atoms with Crippen molar-refractivity contribution in [3.63, 3.8) is 0 Å². The molecule has 0 aromatic rings. The molecule has 0 aliphatic rings. The molecule has 5 heteroatoms. The molecule has 0 radical (unpaired) electrons. The molecule has 0 atom stereocenters. The standard InChI is InChI=1S/C4H9NO2.C3H9N.Ag/c1-3(2)7-4(5)6;1-3(2)4;/h3H,1-2H3,(H2,5,6);3H,4H2,1-2H3;/q;;+1. The molecule has 0 aliphatic carbocycles. The van der Waals surface area contributed by atoms with Crippen molar-refractivity contribution in [1.29, 1.82) is 0 Å². The summed E-state index contributed by atoms with van der Waals surface area (Å²) in [4.78, 5) is 9.81. The molecule has 4 nitrogen and oxygen atoms in total. The van der Waals surface area contributed by atoms with Crippen molar-refractivity contribution >= 4 is 6.09 Å². The van der Waals surface area contributed by atoms with Gasteiger partial charge in [0.05, 0.1) is 6.10 Å². The van der Waals surface area contributed by atoms with Crippen molar-refractivity contribution < 1.29 is 31.9 Å². The second-order valence-corrected chi connectivity index (χ2v) is 2.73. The summed E-state index contributed by atoms with van der Waals surface area (Å²) in [7, 11) is 0. The number of primary amides is 1. The van der Waals surface area contributed by atoms with Gasteiger partial charge in [-0.3, -0.25) is 0 Å². The van der Waals surface area contributed by atoms with Gasteiger partial charge in [0.25, 0.3) is 0 Å². The number of rotatable bonds is 1. The van der Waals surface area contributed by atoms with Gasteiger partial charge in [0.15, 0.2) is 0 Å². The van der Waals surface area contributed by atoms with Crippen LogP contribution in [0.1, 0.15) is 27.7 Å². The molecular formula is C7H18AgN2O2+. The molecule has 1 amide bonds. The third-order valence-electron chi connectivity index (χ3n) is 0.352. The topological polar surface area (TPSA) is 78.3 Å². The molecule has 4 N–H and O–H groups in total. The van der Waals surface area contributed by atoms with E-state index < -0.39 is 6.09 Å². The number of hydrogen-bond acceptors (Lipinski definition) is 3. The van der Waals surface area contributed by atoms with Crippen LogP contribution in [0.25, 0.3) is 0 Å². The Balaban J connectivity index is -0.000000142. The molecule has 0 aliphatic heterocycles. The zero-order valence-corrected chi connectivity index (χ0v) is 9.41. The number of nitrogens with two attached hydrogens (primary N) is 2. The van der Waals surface area contributed by atoms with Crippen LogP contribution in [0.2, 0.25) is 0 Å². The number of hydrogen-bond donors (Lipinski definition) is 2. The molecule has 0 heterocycles. The monoisotopic (exact) mass is 269 g/mol. The van der Waals surface area contributed by atoms with Crippen LogP contribution in [0.3, 0.4) is 0 Å². The van der Waals surface area contributed by atoms with E-state index in [4.69, 9.17) is 5.73 Å². The van der Waals surface area contributed by atoms with Gasteiger partial charge in [0.1, 0.15) is 0 Å². The van der Waals surface area contributed by atoms with Crippen molar-refractivity contribution in [2.24, 2.45) is 11.5 Å². The third kappa shape index (κ3) is 50.9. The van der Waals surface area contributed by atoms with Crippen LogP contribution in [0, 0.1) is 0 Å². The van der Waals surface area contributed by atoms with Crippen molar-refractivity contribution in [2.45, 2.75) is 39.8 Å². The first kappa shape index (κ1) is 17.9. The number of carbonyl (C=O) groups is 1. The molecule has 12 heavy (non-hydrogen) atoms. The second-order valence-electron chi connectivity index (χ2n) is 2.73. The third-order valence-corrected chi connectivity index (χ3v) is 0.352. The summed E-state index contributed by atoms with van der Waals surface area (Å²) in [6.45, 7) is 7.37. The van der Waals surface area contributed by atoms with Gasteiger partial charge in [-0.05, 0) is 19.9 Å². The molecule has 0 saturated carbocycles. The summed E-state index contributed by atoms with van der Waals surface area (Å²) in [5.41, 5.74) is 9.74. The summed E-state index contributed by atoms with van der Waals surface area (Å²) in [6, 6.07) is 0.333. The normalized spacial score (nSPS) is 8.25. The first-order valence-corrected chi connectivity index (χ1v) is 3.58. The minimum atomic E-state index is -0.713. The molecule has 78 valence electrons. The fourth-order valence-electron chi connectivity index (χ4n) is 0.232. The van der Waals surface area contributed by atoms with Gasteiger partial charge in [0, 0.05) is 0 Å². The summed E-state index contributed by atoms with van der Waals surface area (Å²) in [5.74, 6) is 0. The zero-order valence-electron chi connectivity index (χ0n) is 7.93. The Labute approximate surface area is 89.5 Å². The van der Waals surface area contributed by atoms with Gasteiger partial charge in [-0.25, -0.2) is 4.79 Å². The minimum Gasteiger partial charge on any atom is -0.447 e. The molecule has 0 rings (SSSR count). The zero-order chi connectivity index (χ0) is 9.44. The predicted molar refractivity (Wildman–Crippen MR) is 45.1 cm³/mol. The number of carbonyl (C=O) groups excluding carboxylic acids is 1. The summed E-state index contributed by atoms with van der Waals surface area (Å²) < 4.78 is 4.39. The van der Waals surface area contributed by atoms with E-state index in [0.717, 1.165) is 0 Å². The van der Waals surface area contributed by atoms with Crippen LogP contribution in [-0.4, -0.2) is 18.2 Å². The van der Waals surface area contributed by atoms with Gasteiger partial charge in [-0.15, -0.1) is 0 Å². The Morgan fingerprint density at radius 3 is 1.50 bits per heavy atom. The maximum atomic E-state index is 9.81. The first-order valence-electron chi connectivity index (χ1n) is 3.58.